The number of carbonyl (C=O) groups excluding carboxylic acids is 1. The van der Waals surface area contributed by atoms with Gasteiger partial charge in [-0.1, -0.05) is 12.1 Å². The van der Waals surface area contributed by atoms with Crippen LogP contribution in [0.5, 0.6) is 5.75 Å². The number of aromatic hydroxyl groups is 1. The minimum Gasteiger partial charge on any atom is -0.505 e. The largest absolute Gasteiger partial charge is 0.505 e. The van der Waals surface area contributed by atoms with Crippen molar-refractivity contribution >= 4 is 5.91 Å². The Balaban J connectivity index is 1.71. The summed E-state index contributed by atoms with van der Waals surface area (Å²) in [4.78, 5) is 18.5. The second-order valence-electron chi connectivity index (χ2n) is 6.35. The summed E-state index contributed by atoms with van der Waals surface area (Å²) in [6.45, 7) is 3.07. The molecule has 0 spiro atoms. The van der Waals surface area contributed by atoms with Crippen LogP contribution in [0.3, 0.4) is 0 Å². The minimum absolute atomic E-state index is 0.0701. The van der Waals surface area contributed by atoms with Crippen LogP contribution in [-0.2, 0) is 0 Å². The van der Waals surface area contributed by atoms with Crippen molar-refractivity contribution in [2.24, 2.45) is 0 Å². The molecule has 126 valence electrons. The van der Waals surface area contributed by atoms with Crippen LogP contribution in [0.2, 0.25) is 0 Å². The Hall–Kier alpha value is -2.43. The van der Waals surface area contributed by atoms with Gasteiger partial charge in [0.05, 0.1) is 0 Å². The first-order valence-corrected chi connectivity index (χ1v) is 8.25. The van der Waals surface area contributed by atoms with Gasteiger partial charge in [0.2, 0.25) is 0 Å². The maximum atomic E-state index is 13.1. The van der Waals surface area contributed by atoms with Crippen molar-refractivity contribution in [3.63, 3.8) is 0 Å². The topological polar surface area (TPSA) is 53.4 Å². The van der Waals surface area contributed by atoms with Gasteiger partial charge in [-0.2, -0.15) is 0 Å². The first-order chi connectivity index (χ1) is 11.5. The fourth-order valence-electron chi connectivity index (χ4n) is 3.24. The van der Waals surface area contributed by atoms with Crippen molar-refractivity contribution in [3.8, 4) is 5.75 Å². The van der Waals surface area contributed by atoms with Crippen LogP contribution in [0.25, 0.3) is 0 Å². The Bertz CT molecular complexity index is 731. The van der Waals surface area contributed by atoms with Crippen molar-refractivity contribution < 1.29 is 14.3 Å². The molecule has 24 heavy (non-hydrogen) atoms. The number of pyridine rings is 1. The quantitative estimate of drug-likeness (QED) is 0.915. The van der Waals surface area contributed by atoms with Crippen LogP contribution in [0.4, 0.5) is 4.39 Å². The fourth-order valence-corrected chi connectivity index (χ4v) is 3.24. The van der Waals surface area contributed by atoms with Crippen LogP contribution >= 0.6 is 0 Å². The van der Waals surface area contributed by atoms with Crippen LogP contribution < -0.4 is 0 Å². The summed E-state index contributed by atoms with van der Waals surface area (Å²) in [6.07, 6.45) is 4.25. The highest BCUT2D eigenvalue weighted by atomic mass is 19.1. The lowest BCUT2D eigenvalue weighted by atomic mass is 9.92. The summed E-state index contributed by atoms with van der Waals surface area (Å²) >= 11 is 0. The molecule has 1 saturated heterocycles. The average Bonchev–Trinajstić information content (AvgIpc) is 2.81. The van der Waals surface area contributed by atoms with Gasteiger partial charge in [-0.05, 0) is 61.4 Å². The molecule has 1 aliphatic rings. The molecular formula is C19H21FN2O2. The summed E-state index contributed by atoms with van der Waals surface area (Å²) in [7, 11) is 0. The van der Waals surface area contributed by atoms with Crippen LogP contribution in [-0.4, -0.2) is 34.0 Å². The molecule has 0 saturated carbocycles. The third-order valence-corrected chi connectivity index (χ3v) is 4.56. The Morgan fingerprint density at radius 1 is 1.25 bits per heavy atom. The van der Waals surface area contributed by atoms with Crippen LogP contribution in [0, 0.1) is 12.7 Å². The monoisotopic (exact) mass is 328 g/mol. The summed E-state index contributed by atoms with van der Waals surface area (Å²) in [5.74, 6) is -0.209. The van der Waals surface area contributed by atoms with Gasteiger partial charge in [0.15, 0.2) is 5.69 Å². The van der Waals surface area contributed by atoms with Crippen LogP contribution in [0.1, 0.15) is 46.8 Å². The Kier molecular flexibility index (Phi) is 4.79. The van der Waals surface area contributed by atoms with E-state index in [2.05, 4.69) is 4.98 Å². The number of hydrogen-bond donors (Lipinski definition) is 1. The maximum Gasteiger partial charge on any atom is 0.276 e. The standard InChI is InChI=1S/C19H21FN2O2/c1-13-11-17(23)18(21-12-13)19(24)22-9-2-3-14(8-10-22)15-4-6-16(20)7-5-15/h4-7,11-12,14,23H,2-3,8-10H2,1H3. The number of amides is 1. The third kappa shape index (κ3) is 3.55. The first kappa shape index (κ1) is 16.4. The number of hydrogen-bond acceptors (Lipinski definition) is 3. The molecule has 1 aliphatic heterocycles. The van der Waals surface area contributed by atoms with E-state index in [1.54, 1.807) is 17.2 Å². The molecule has 0 bridgehead atoms. The average molecular weight is 328 g/mol. The Morgan fingerprint density at radius 3 is 2.71 bits per heavy atom. The molecular weight excluding hydrogens is 307 g/mol. The van der Waals surface area contributed by atoms with Crippen molar-refractivity contribution in [1.29, 1.82) is 0 Å². The van der Waals surface area contributed by atoms with Crippen LogP contribution in [0.15, 0.2) is 36.5 Å². The molecule has 1 unspecified atom stereocenters. The van der Waals surface area contributed by atoms with E-state index in [0.29, 0.717) is 19.0 Å². The van der Waals surface area contributed by atoms with Gasteiger partial charge in [0, 0.05) is 19.3 Å². The summed E-state index contributed by atoms with van der Waals surface area (Å²) < 4.78 is 13.1. The van der Waals surface area contributed by atoms with E-state index in [0.717, 1.165) is 30.4 Å². The zero-order chi connectivity index (χ0) is 17.1. The van der Waals surface area contributed by atoms with Crippen molar-refractivity contribution in [2.75, 3.05) is 13.1 Å². The minimum atomic E-state index is -0.231. The van der Waals surface area contributed by atoms with E-state index < -0.39 is 0 Å². The Morgan fingerprint density at radius 2 is 2.00 bits per heavy atom. The predicted molar refractivity (Wildman–Crippen MR) is 89.5 cm³/mol. The molecule has 2 heterocycles. The lowest BCUT2D eigenvalue weighted by molar-refractivity contribution is 0.0752. The van der Waals surface area contributed by atoms with Gasteiger partial charge in [-0.3, -0.25) is 4.79 Å². The number of nitrogens with zero attached hydrogens (tertiary/aromatic N) is 2. The van der Waals surface area contributed by atoms with Crippen molar-refractivity contribution in [3.05, 3.63) is 59.2 Å². The van der Waals surface area contributed by atoms with E-state index in [1.807, 2.05) is 19.1 Å². The normalized spacial score (nSPS) is 18.2. The fraction of sp³-hybridized carbons (Fsp3) is 0.368. The first-order valence-electron chi connectivity index (χ1n) is 8.25. The van der Waals surface area contributed by atoms with Gasteiger partial charge in [0.25, 0.3) is 5.91 Å². The zero-order valence-electron chi connectivity index (χ0n) is 13.7. The van der Waals surface area contributed by atoms with E-state index in [-0.39, 0.29) is 23.2 Å². The maximum absolute atomic E-state index is 13.1. The zero-order valence-corrected chi connectivity index (χ0v) is 13.7. The van der Waals surface area contributed by atoms with Gasteiger partial charge < -0.3 is 10.0 Å². The molecule has 1 amide bonds. The second kappa shape index (κ2) is 6.99. The molecule has 1 aromatic heterocycles. The smallest absolute Gasteiger partial charge is 0.276 e. The number of aromatic nitrogens is 1. The predicted octanol–water partition coefficient (Wildman–Crippen LogP) is 3.64. The lowest BCUT2D eigenvalue weighted by Gasteiger charge is -2.20. The van der Waals surface area contributed by atoms with Crippen molar-refractivity contribution in [1.82, 2.24) is 9.88 Å². The number of aryl methyl sites for hydroxylation is 1. The highest BCUT2D eigenvalue weighted by molar-refractivity contribution is 5.94. The molecule has 0 radical (unpaired) electrons. The number of benzene rings is 1. The van der Waals surface area contributed by atoms with E-state index in [9.17, 15) is 14.3 Å². The lowest BCUT2D eigenvalue weighted by Crippen LogP contribution is -2.32. The molecule has 1 N–H and O–H groups in total. The molecule has 2 aromatic rings. The summed E-state index contributed by atoms with van der Waals surface area (Å²) in [5.41, 5.74) is 2.04. The number of halogens is 1. The number of likely N-dealkylation sites (tertiary alicyclic amines) is 1. The third-order valence-electron chi connectivity index (χ3n) is 4.56. The molecule has 5 heteroatoms. The van der Waals surface area contributed by atoms with Crippen molar-refractivity contribution in [2.45, 2.75) is 32.1 Å². The molecule has 1 atom stereocenters. The van der Waals surface area contributed by atoms with E-state index in [4.69, 9.17) is 0 Å². The number of rotatable bonds is 2. The SMILES string of the molecule is Cc1cnc(C(=O)N2CCCC(c3ccc(F)cc3)CC2)c(O)c1. The highest BCUT2D eigenvalue weighted by Gasteiger charge is 2.25. The van der Waals surface area contributed by atoms with E-state index >= 15 is 0 Å². The molecule has 3 rings (SSSR count). The van der Waals surface area contributed by atoms with Gasteiger partial charge in [0.1, 0.15) is 11.6 Å². The summed E-state index contributed by atoms with van der Waals surface area (Å²) in [5, 5.41) is 9.97. The van der Waals surface area contributed by atoms with Gasteiger partial charge >= 0.3 is 0 Å². The van der Waals surface area contributed by atoms with Gasteiger partial charge in [-0.15, -0.1) is 0 Å². The second-order valence-corrected chi connectivity index (χ2v) is 6.35. The summed E-state index contributed by atoms with van der Waals surface area (Å²) in [6, 6.07) is 8.17. The molecule has 4 nitrogen and oxygen atoms in total. The highest BCUT2D eigenvalue weighted by Crippen LogP contribution is 2.29. The van der Waals surface area contributed by atoms with E-state index in [1.165, 1.54) is 12.1 Å². The molecule has 0 aliphatic carbocycles. The Labute approximate surface area is 141 Å². The molecule has 1 fully saturated rings. The molecule has 1 aromatic carbocycles. The van der Waals surface area contributed by atoms with Gasteiger partial charge in [-0.25, -0.2) is 9.37 Å². The number of carbonyl (C=O) groups is 1.